The fourth-order valence-electron chi connectivity index (χ4n) is 2.59. The highest BCUT2D eigenvalue weighted by Gasteiger charge is 2.25. The van der Waals surface area contributed by atoms with Gasteiger partial charge in [0, 0.05) is 25.4 Å². The molecule has 19 heavy (non-hydrogen) atoms. The van der Waals surface area contributed by atoms with E-state index in [1.54, 1.807) is 0 Å². The molecule has 1 fully saturated rings. The van der Waals surface area contributed by atoms with E-state index in [-0.39, 0.29) is 12.5 Å². The summed E-state index contributed by atoms with van der Waals surface area (Å²) in [6.07, 6.45) is 0.987. The van der Waals surface area contributed by atoms with Crippen molar-refractivity contribution >= 4 is 11.6 Å². The molecule has 0 radical (unpaired) electrons. The van der Waals surface area contributed by atoms with Crippen molar-refractivity contribution in [2.75, 3.05) is 37.7 Å². The van der Waals surface area contributed by atoms with Gasteiger partial charge in [0.05, 0.1) is 6.54 Å². The van der Waals surface area contributed by atoms with Crippen molar-refractivity contribution in [3.63, 3.8) is 0 Å². The molecule has 0 spiro atoms. The minimum absolute atomic E-state index is 0.132. The smallest absolute Gasteiger partial charge is 0.241 e. The highest BCUT2D eigenvalue weighted by Crippen LogP contribution is 2.17. The summed E-state index contributed by atoms with van der Waals surface area (Å²) >= 11 is 0. The minimum atomic E-state index is 0.132. The molecule has 1 amide bonds. The van der Waals surface area contributed by atoms with Crippen LogP contribution < -0.4 is 4.90 Å². The predicted octanol–water partition coefficient (Wildman–Crippen LogP) is 1.35. The second-order valence-electron chi connectivity index (χ2n) is 5.05. The molecular weight excluding hydrogens is 240 g/mol. The summed E-state index contributed by atoms with van der Waals surface area (Å²) in [6.45, 7) is 5.07. The zero-order valence-corrected chi connectivity index (χ0v) is 11.5. The van der Waals surface area contributed by atoms with Crippen molar-refractivity contribution in [1.29, 1.82) is 0 Å². The number of carbonyl (C=O) groups is 1. The lowest BCUT2D eigenvalue weighted by molar-refractivity contribution is -0.119. The van der Waals surface area contributed by atoms with Crippen LogP contribution in [0.2, 0.25) is 0 Å². The van der Waals surface area contributed by atoms with Crippen molar-refractivity contribution in [2.45, 2.75) is 13.3 Å². The van der Waals surface area contributed by atoms with Gasteiger partial charge in [0.25, 0.3) is 0 Å². The fraction of sp³-hybridized carbons (Fsp3) is 0.533. The Labute approximate surface area is 114 Å². The van der Waals surface area contributed by atoms with E-state index in [9.17, 15) is 4.79 Å². The Morgan fingerprint density at radius 2 is 2.16 bits per heavy atom. The third kappa shape index (κ3) is 3.55. The van der Waals surface area contributed by atoms with Gasteiger partial charge < -0.3 is 10.0 Å². The van der Waals surface area contributed by atoms with Crippen LogP contribution in [0.4, 0.5) is 5.69 Å². The van der Waals surface area contributed by atoms with Gasteiger partial charge in [0.2, 0.25) is 5.91 Å². The Hall–Kier alpha value is -1.39. The third-order valence-electron chi connectivity index (χ3n) is 3.67. The molecule has 1 aromatic rings. The molecule has 0 aliphatic carbocycles. The second-order valence-corrected chi connectivity index (χ2v) is 5.05. The van der Waals surface area contributed by atoms with Crippen LogP contribution in [0.3, 0.4) is 0 Å². The predicted molar refractivity (Wildman–Crippen MR) is 76.1 cm³/mol. The van der Waals surface area contributed by atoms with Gasteiger partial charge in [0.15, 0.2) is 0 Å². The van der Waals surface area contributed by atoms with Crippen LogP contribution >= 0.6 is 0 Å². The Balaban J connectivity index is 1.95. The van der Waals surface area contributed by atoms with E-state index in [1.165, 1.54) is 0 Å². The first-order valence-corrected chi connectivity index (χ1v) is 6.93. The number of hydrogen-bond donors (Lipinski definition) is 1. The molecule has 1 N–H and O–H groups in total. The lowest BCUT2D eigenvalue weighted by Crippen LogP contribution is -2.39. The largest absolute Gasteiger partial charge is 0.396 e. The van der Waals surface area contributed by atoms with Gasteiger partial charge in [-0.1, -0.05) is 18.2 Å². The molecule has 1 heterocycles. The Morgan fingerprint density at radius 3 is 2.74 bits per heavy atom. The molecule has 2 rings (SSSR count). The maximum atomic E-state index is 12.3. The molecule has 1 unspecified atom stereocenters. The van der Waals surface area contributed by atoms with E-state index in [1.807, 2.05) is 42.2 Å². The molecule has 1 saturated heterocycles. The van der Waals surface area contributed by atoms with E-state index in [4.69, 9.17) is 5.11 Å². The monoisotopic (exact) mass is 262 g/mol. The number of likely N-dealkylation sites (N-methyl/N-ethyl adjacent to an activating group) is 1. The minimum Gasteiger partial charge on any atom is -0.396 e. The quantitative estimate of drug-likeness (QED) is 0.871. The van der Waals surface area contributed by atoms with Crippen LogP contribution in [0, 0.1) is 5.92 Å². The van der Waals surface area contributed by atoms with Crippen LogP contribution in [0.1, 0.15) is 13.3 Å². The molecule has 4 heteroatoms. The van der Waals surface area contributed by atoms with Gasteiger partial charge in [-0.2, -0.15) is 0 Å². The molecule has 1 aromatic carbocycles. The molecule has 0 aromatic heterocycles. The number of benzene rings is 1. The molecule has 1 aliphatic rings. The number of anilines is 1. The second kappa shape index (κ2) is 6.68. The summed E-state index contributed by atoms with van der Waals surface area (Å²) < 4.78 is 0. The molecule has 1 atom stereocenters. The van der Waals surface area contributed by atoms with Crippen molar-refractivity contribution in [2.24, 2.45) is 5.92 Å². The standard InChI is InChI=1S/C15H22N2O2/c1-2-17(14-6-4-3-5-7-14)15(19)11-16-9-8-13(10-16)12-18/h3-7,13,18H,2,8-12H2,1H3. The third-order valence-corrected chi connectivity index (χ3v) is 3.67. The number of para-hydroxylation sites is 1. The lowest BCUT2D eigenvalue weighted by atomic mass is 10.1. The first kappa shape index (κ1) is 14.0. The van der Waals surface area contributed by atoms with Crippen molar-refractivity contribution in [1.82, 2.24) is 4.90 Å². The number of nitrogens with zero attached hydrogens (tertiary/aromatic N) is 2. The van der Waals surface area contributed by atoms with Crippen LogP contribution in [-0.2, 0) is 4.79 Å². The summed E-state index contributed by atoms with van der Waals surface area (Å²) in [7, 11) is 0. The van der Waals surface area contributed by atoms with Gasteiger partial charge in [-0.05, 0) is 37.9 Å². The average Bonchev–Trinajstić information content (AvgIpc) is 2.88. The van der Waals surface area contributed by atoms with Crippen LogP contribution in [-0.4, -0.2) is 48.7 Å². The van der Waals surface area contributed by atoms with Crippen molar-refractivity contribution in [3.8, 4) is 0 Å². The van der Waals surface area contributed by atoms with E-state index >= 15 is 0 Å². The first-order valence-electron chi connectivity index (χ1n) is 6.93. The van der Waals surface area contributed by atoms with Gasteiger partial charge in [-0.3, -0.25) is 9.69 Å². The first-order chi connectivity index (χ1) is 9.24. The molecule has 4 nitrogen and oxygen atoms in total. The van der Waals surface area contributed by atoms with E-state index in [0.29, 0.717) is 19.0 Å². The van der Waals surface area contributed by atoms with Crippen molar-refractivity contribution in [3.05, 3.63) is 30.3 Å². The van der Waals surface area contributed by atoms with Gasteiger partial charge in [0.1, 0.15) is 0 Å². The SMILES string of the molecule is CCN(C(=O)CN1CCC(CO)C1)c1ccccc1. The molecule has 1 aliphatic heterocycles. The van der Waals surface area contributed by atoms with E-state index in [0.717, 1.165) is 25.2 Å². The van der Waals surface area contributed by atoms with Crippen molar-refractivity contribution < 1.29 is 9.90 Å². The molecule has 0 saturated carbocycles. The maximum Gasteiger partial charge on any atom is 0.241 e. The summed E-state index contributed by atoms with van der Waals surface area (Å²) in [5, 5.41) is 9.13. The maximum absolute atomic E-state index is 12.3. The Morgan fingerprint density at radius 1 is 1.42 bits per heavy atom. The van der Waals surface area contributed by atoms with Gasteiger partial charge >= 0.3 is 0 Å². The summed E-state index contributed by atoms with van der Waals surface area (Å²) in [5.41, 5.74) is 0.952. The molecular formula is C15H22N2O2. The highest BCUT2D eigenvalue weighted by molar-refractivity contribution is 5.94. The van der Waals surface area contributed by atoms with Crippen LogP contribution in [0.15, 0.2) is 30.3 Å². The van der Waals surface area contributed by atoms with Gasteiger partial charge in [-0.25, -0.2) is 0 Å². The normalized spacial score (nSPS) is 19.6. The van der Waals surface area contributed by atoms with Crippen LogP contribution in [0.5, 0.6) is 0 Å². The number of amides is 1. The molecule has 0 bridgehead atoms. The molecule has 104 valence electrons. The summed E-state index contributed by atoms with van der Waals surface area (Å²) in [4.78, 5) is 16.3. The Kier molecular flexibility index (Phi) is 4.93. The summed E-state index contributed by atoms with van der Waals surface area (Å²) in [6, 6.07) is 9.77. The zero-order chi connectivity index (χ0) is 13.7. The van der Waals surface area contributed by atoms with Gasteiger partial charge in [-0.15, -0.1) is 0 Å². The number of rotatable bonds is 5. The topological polar surface area (TPSA) is 43.8 Å². The highest BCUT2D eigenvalue weighted by atomic mass is 16.3. The Bertz CT molecular complexity index is 408. The number of aliphatic hydroxyl groups is 1. The number of aliphatic hydroxyl groups excluding tert-OH is 1. The van der Waals surface area contributed by atoms with E-state index in [2.05, 4.69) is 4.90 Å². The lowest BCUT2D eigenvalue weighted by Gasteiger charge is -2.24. The number of carbonyl (C=O) groups excluding carboxylic acids is 1. The number of hydrogen-bond acceptors (Lipinski definition) is 3. The number of likely N-dealkylation sites (tertiary alicyclic amines) is 1. The fourth-order valence-corrected chi connectivity index (χ4v) is 2.59. The summed E-state index contributed by atoms with van der Waals surface area (Å²) in [5.74, 6) is 0.465. The average molecular weight is 262 g/mol. The van der Waals surface area contributed by atoms with E-state index < -0.39 is 0 Å². The van der Waals surface area contributed by atoms with Crippen LogP contribution in [0.25, 0.3) is 0 Å². The zero-order valence-electron chi connectivity index (χ0n) is 11.5.